The lowest BCUT2D eigenvalue weighted by Gasteiger charge is -2.09. The van der Waals surface area contributed by atoms with Crippen LogP contribution in [0.2, 0.25) is 0 Å². The average molecular weight is 279 g/mol. The van der Waals surface area contributed by atoms with Crippen molar-refractivity contribution in [3.05, 3.63) is 65.1 Å². The zero-order chi connectivity index (χ0) is 15.0. The number of anilines is 1. The summed E-state index contributed by atoms with van der Waals surface area (Å²) < 4.78 is 1.87. The van der Waals surface area contributed by atoms with Crippen molar-refractivity contribution in [2.45, 2.75) is 20.8 Å². The SMILES string of the molecule is Cc1ccc(C)c(NC(=O)c2ccc3nc(C)cn3c2)c1. The molecular weight excluding hydrogens is 262 g/mol. The summed E-state index contributed by atoms with van der Waals surface area (Å²) in [5.74, 6) is -0.114. The van der Waals surface area contributed by atoms with Gasteiger partial charge in [0.25, 0.3) is 5.91 Å². The normalized spacial score (nSPS) is 10.8. The van der Waals surface area contributed by atoms with Crippen LogP contribution in [-0.2, 0) is 0 Å². The van der Waals surface area contributed by atoms with Crippen molar-refractivity contribution < 1.29 is 4.79 Å². The molecule has 0 bridgehead atoms. The van der Waals surface area contributed by atoms with E-state index >= 15 is 0 Å². The Morgan fingerprint density at radius 1 is 1.10 bits per heavy atom. The number of nitrogens with zero attached hydrogens (tertiary/aromatic N) is 2. The highest BCUT2D eigenvalue weighted by atomic mass is 16.1. The molecule has 3 rings (SSSR count). The Morgan fingerprint density at radius 3 is 2.71 bits per heavy atom. The number of aromatic nitrogens is 2. The van der Waals surface area contributed by atoms with E-state index in [0.29, 0.717) is 5.56 Å². The lowest BCUT2D eigenvalue weighted by atomic mass is 10.1. The molecule has 3 aromatic rings. The van der Waals surface area contributed by atoms with Gasteiger partial charge in [0.2, 0.25) is 0 Å². The molecule has 0 aliphatic rings. The Bertz CT molecular complexity index is 833. The molecule has 2 aromatic heterocycles. The highest BCUT2D eigenvalue weighted by Gasteiger charge is 2.09. The third-order valence-electron chi connectivity index (χ3n) is 3.47. The highest BCUT2D eigenvalue weighted by Crippen LogP contribution is 2.17. The van der Waals surface area contributed by atoms with Gasteiger partial charge in [-0.1, -0.05) is 12.1 Å². The summed E-state index contributed by atoms with van der Waals surface area (Å²) >= 11 is 0. The van der Waals surface area contributed by atoms with E-state index in [9.17, 15) is 4.79 Å². The molecule has 0 saturated carbocycles. The van der Waals surface area contributed by atoms with E-state index in [1.54, 1.807) is 12.3 Å². The molecule has 106 valence electrons. The Hall–Kier alpha value is -2.62. The van der Waals surface area contributed by atoms with Crippen LogP contribution in [0, 0.1) is 20.8 Å². The third-order valence-corrected chi connectivity index (χ3v) is 3.47. The second-order valence-electron chi connectivity index (χ2n) is 5.34. The Morgan fingerprint density at radius 2 is 1.90 bits per heavy atom. The third kappa shape index (κ3) is 2.65. The number of hydrogen-bond donors (Lipinski definition) is 1. The second kappa shape index (κ2) is 5.05. The quantitative estimate of drug-likeness (QED) is 0.780. The monoisotopic (exact) mass is 279 g/mol. The van der Waals surface area contributed by atoms with Crippen LogP contribution in [0.4, 0.5) is 5.69 Å². The number of pyridine rings is 1. The first-order valence-corrected chi connectivity index (χ1v) is 6.87. The van der Waals surface area contributed by atoms with E-state index < -0.39 is 0 Å². The zero-order valence-corrected chi connectivity index (χ0v) is 12.3. The van der Waals surface area contributed by atoms with Crippen molar-refractivity contribution in [2.24, 2.45) is 0 Å². The summed E-state index contributed by atoms with van der Waals surface area (Å²) in [6.45, 7) is 5.93. The van der Waals surface area contributed by atoms with Gasteiger partial charge in [-0.2, -0.15) is 0 Å². The van der Waals surface area contributed by atoms with Crippen molar-refractivity contribution in [3.8, 4) is 0 Å². The van der Waals surface area contributed by atoms with Crippen LogP contribution < -0.4 is 5.32 Å². The molecular formula is C17H17N3O. The van der Waals surface area contributed by atoms with Crippen LogP contribution in [0.5, 0.6) is 0 Å². The first-order chi connectivity index (χ1) is 10.0. The highest BCUT2D eigenvalue weighted by molar-refractivity contribution is 6.04. The first kappa shape index (κ1) is 13.4. The molecule has 0 aliphatic heterocycles. The fraction of sp³-hybridized carbons (Fsp3) is 0.176. The molecule has 0 spiro atoms. The molecule has 1 amide bonds. The number of benzene rings is 1. The number of hydrogen-bond acceptors (Lipinski definition) is 2. The van der Waals surface area contributed by atoms with E-state index in [2.05, 4.69) is 10.3 Å². The summed E-state index contributed by atoms with van der Waals surface area (Å²) in [5, 5.41) is 2.97. The summed E-state index contributed by atoms with van der Waals surface area (Å²) in [6.07, 6.45) is 3.71. The molecule has 4 heteroatoms. The predicted octanol–water partition coefficient (Wildman–Crippen LogP) is 3.51. The maximum atomic E-state index is 12.4. The molecule has 4 nitrogen and oxygen atoms in total. The number of carbonyl (C=O) groups is 1. The number of amides is 1. The van der Waals surface area contributed by atoms with Crippen LogP contribution in [0.15, 0.2) is 42.7 Å². The molecule has 0 aliphatic carbocycles. The van der Waals surface area contributed by atoms with Gasteiger partial charge in [-0.05, 0) is 50.1 Å². The smallest absolute Gasteiger partial charge is 0.257 e. The number of aryl methyl sites for hydroxylation is 3. The molecule has 0 atom stereocenters. The Labute approximate surface area is 123 Å². The van der Waals surface area contributed by atoms with Gasteiger partial charge in [0.1, 0.15) is 5.65 Å². The van der Waals surface area contributed by atoms with Crippen LogP contribution in [-0.4, -0.2) is 15.3 Å². The van der Waals surface area contributed by atoms with Gasteiger partial charge in [-0.3, -0.25) is 4.79 Å². The standard InChI is InChI=1S/C17H17N3O/c1-11-4-5-12(2)15(8-11)19-17(21)14-6-7-16-18-13(3)9-20(16)10-14/h4-10H,1-3H3,(H,19,21). The molecule has 1 aromatic carbocycles. The Balaban J connectivity index is 1.91. The van der Waals surface area contributed by atoms with Gasteiger partial charge >= 0.3 is 0 Å². The molecule has 0 unspecified atom stereocenters. The molecule has 0 radical (unpaired) electrons. The van der Waals surface area contributed by atoms with Gasteiger partial charge in [-0.25, -0.2) is 4.98 Å². The van der Waals surface area contributed by atoms with E-state index in [-0.39, 0.29) is 5.91 Å². The van der Waals surface area contributed by atoms with Crippen molar-refractivity contribution in [3.63, 3.8) is 0 Å². The summed E-state index contributed by atoms with van der Waals surface area (Å²) in [6, 6.07) is 9.67. The van der Waals surface area contributed by atoms with Crippen LogP contribution in [0.25, 0.3) is 5.65 Å². The minimum Gasteiger partial charge on any atom is -0.322 e. The van der Waals surface area contributed by atoms with Crippen LogP contribution >= 0.6 is 0 Å². The molecule has 0 fully saturated rings. The summed E-state index contributed by atoms with van der Waals surface area (Å²) in [4.78, 5) is 16.7. The lowest BCUT2D eigenvalue weighted by molar-refractivity contribution is 0.102. The number of rotatable bonds is 2. The molecule has 0 saturated heterocycles. The van der Waals surface area contributed by atoms with E-state index in [1.807, 2.05) is 55.6 Å². The number of fused-ring (bicyclic) bond motifs is 1. The minimum atomic E-state index is -0.114. The Kier molecular flexibility index (Phi) is 3.22. The minimum absolute atomic E-state index is 0.114. The van der Waals surface area contributed by atoms with Crippen LogP contribution in [0.1, 0.15) is 27.2 Å². The fourth-order valence-corrected chi connectivity index (χ4v) is 2.32. The fourth-order valence-electron chi connectivity index (χ4n) is 2.32. The van der Waals surface area contributed by atoms with Crippen molar-refractivity contribution >= 4 is 17.2 Å². The van der Waals surface area contributed by atoms with E-state index in [1.165, 1.54) is 0 Å². The maximum Gasteiger partial charge on any atom is 0.257 e. The van der Waals surface area contributed by atoms with Gasteiger partial charge in [0.15, 0.2) is 0 Å². The van der Waals surface area contributed by atoms with Crippen molar-refractivity contribution in [2.75, 3.05) is 5.32 Å². The summed E-state index contributed by atoms with van der Waals surface area (Å²) in [7, 11) is 0. The zero-order valence-electron chi connectivity index (χ0n) is 12.3. The largest absolute Gasteiger partial charge is 0.322 e. The van der Waals surface area contributed by atoms with E-state index in [4.69, 9.17) is 0 Å². The number of nitrogens with one attached hydrogen (secondary N) is 1. The van der Waals surface area contributed by atoms with Crippen molar-refractivity contribution in [1.29, 1.82) is 0 Å². The van der Waals surface area contributed by atoms with Crippen LogP contribution in [0.3, 0.4) is 0 Å². The predicted molar refractivity (Wildman–Crippen MR) is 83.8 cm³/mol. The number of imidazole rings is 1. The van der Waals surface area contributed by atoms with Gasteiger partial charge < -0.3 is 9.72 Å². The number of carbonyl (C=O) groups excluding carboxylic acids is 1. The average Bonchev–Trinajstić information content (AvgIpc) is 2.81. The van der Waals surface area contributed by atoms with E-state index in [0.717, 1.165) is 28.2 Å². The van der Waals surface area contributed by atoms with Gasteiger partial charge in [0.05, 0.1) is 11.3 Å². The van der Waals surface area contributed by atoms with Crippen molar-refractivity contribution in [1.82, 2.24) is 9.38 Å². The first-order valence-electron chi connectivity index (χ1n) is 6.87. The molecule has 21 heavy (non-hydrogen) atoms. The van der Waals surface area contributed by atoms with Gasteiger partial charge in [-0.15, -0.1) is 0 Å². The summed E-state index contributed by atoms with van der Waals surface area (Å²) in [5.41, 5.74) is 5.41. The van der Waals surface area contributed by atoms with Gasteiger partial charge in [0, 0.05) is 18.1 Å². The lowest BCUT2D eigenvalue weighted by Crippen LogP contribution is -2.13. The molecule has 2 heterocycles. The maximum absolute atomic E-state index is 12.4. The topological polar surface area (TPSA) is 46.4 Å². The second-order valence-corrected chi connectivity index (χ2v) is 5.34. The molecule has 1 N–H and O–H groups in total.